The minimum absolute atomic E-state index is 0.343. The second kappa shape index (κ2) is 5.30. The van der Waals surface area contributed by atoms with Gasteiger partial charge in [-0.15, -0.1) is 6.58 Å². The third-order valence-corrected chi connectivity index (χ3v) is 4.28. The van der Waals surface area contributed by atoms with Crippen molar-refractivity contribution >= 4 is 26.3 Å². The van der Waals surface area contributed by atoms with E-state index in [0.717, 1.165) is 0 Å². The summed E-state index contributed by atoms with van der Waals surface area (Å²) in [5.41, 5.74) is 1.37. The quantitative estimate of drug-likeness (QED) is 0.544. The average molecular weight is 229 g/mol. The van der Waals surface area contributed by atoms with Gasteiger partial charge in [-0.05, 0) is 5.70 Å². The fraction of sp³-hybridized carbons (Fsp3) is 0.375. The Kier molecular flexibility index (Phi) is 4.72. The molecule has 3 amide bonds. The number of carbonyl (C=O) groups excluding carboxylic acids is 3. The SMILES string of the molecule is C=C[Si](NC(C)=O)(NC(C)=O)NC(C)=O. The molecule has 0 radical (unpaired) electrons. The van der Waals surface area contributed by atoms with E-state index in [1.54, 1.807) is 0 Å². The molecule has 0 saturated carbocycles. The first-order chi connectivity index (χ1) is 6.81. The lowest BCUT2D eigenvalue weighted by molar-refractivity contribution is -0.118. The summed E-state index contributed by atoms with van der Waals surface area (Å²) in [7, 11) is -2.99. The Bertz CT molecular complexity index is 263. The molecule has 0 aliphatic heterocycles. The monoisotopic (exact) mass is 229 g/mol. The molecule has 0 aromatic rings. The van der Waals surface area contributed by atoms with Gasteiger partial charge in [0.15, 0.2) is 0 Å². The minimum atomic E-state index is -2.99. The normalized spacial score (nSPS) is 10.1. The van der Waals surface area contributed by atoms with Crippen LogP contribution in [0.2, 0.25) is 0 Å². The highest BCUT2D eigenvalue weighted by atomic mass is 28.4. The second-order valence-electron chi connectivity index (χ2n) is 3.06. The van der Waals surface area contributed by atoms with Gasteiger partial charge in [-0.2, -0.15) is 0 Å². The van der Waals surface area contributed by atoms with Crippen LogP contribution in [-0.2, 0) is 14.4 Å². The molecule has 0 aliphatic rings. The van der Waals surface area contributed by atoms with Gasteiger partial charge in [-0.25, -0.2) is 0 Å². The summed E-state index contributed by atoms with van der Waals surface area (Å²) in [5, 5.41) is 0. The van der Waals surface area contributed by atoms with Gasteiger partial charge in [-0.3, -0.25) is 14.4 Å². The first-order valence-corrected chi connectivity index (χ1v) is 6.39. The molecule has 6 nitrogen and oxygen atoms in total. The van der Waals surface area contributed by atoms with Crippen LogP contribution in [-0.4, -0.2) is 26.3 Å². The van der Waals surface area contributed by atoms with E-state index in [1.165, 1.54) is 26.5 Å². The molecule has 7 heteroatoms. The maximum absolute atomic E-state index is 11.0. The third-order valence-electron chi connectivity index (χ3n) is 1.43. The zero-order chi connectivity index (χ0) is 12.1. The van der Waals surface area contributed by atoms with Crippen molar-refractivity contribution in [1.29, 1.82) is 0 Å². The molecule has 0 rings (SSSR count). The number of hydrogen-bond donors (Lipinski definition) is 3. The molecule has 0 unspecified atom stereocenters. The van der Waals surface area contributed by atoms with Crippen LogP contribution in [0.25, 0.3) is 0 Å². The summed E-state index contributed by atoms with van der Waals surface area (Å²) in [6.45, 7) is 7.41. The molecule has 0 saturated heterocycles. The molecule has 0 aromatic carbocycles. The summed E-state index contributed by atoms with van der Waals surface area (Å²) in [6.07, 6.45) is 0. The molecular formula is C8H15N3O3Si. The summed E-state index contributed by atoms with van der Waals surface area (Å²) >= 11 is 0. The maximum Gasteiger partial charge on any atom is 0.405 e. The molecule has 0 atom stereocenters. The van der Waals surface area contributed by atoms with Gasteiger partial charge >= 0.3 is 8.56 Å². The molecule has 0 heterocycles. The van der Waals surface area contributed by atoms with E-state index in [4.69, 9.17) is 0 Å². The number of amides is 3. The van der Waals surface area contributed by atoms with Gasteiger partial charge in [0.05, 0.1) is 0 Å². The van der Waals surface area contributed by atoms with E-state index in [1.807, 2.05) is 0 Å². The van der Waals surface area contributed by atoms with Crippen molar-refractivity contribution in [2.24, 2.45) is 0 Å². The zero-order valence-corrected chi connectivity index (χ0v) is 10.0. The molecule has 0 bridgehead atoms. The van der Waals surface area contributed by atoms with E-state index >= 15 is 0 Å². The van der Waals surface area contributed by atoms with Gasteiger partial charge in [0.2, 0.25) is 17.7 Å². The van der Waals surface area contributed by atoms with Crippen LogP contribution in [0.15, 0.2) is 12.3 Å². The molecule has 0 spiro atoms. The van der Waals surface area contributed by atoms with Crippen LogP contribution in [0.5, 0.6) is 0 Å². The van der Waals surface area contributed by atoms with Gasteiger partial charge in [-0.1, -0.05) is 0 Å². The fourth-order valence-corrected chi connectivity index (χ4v) is 3.24. The van der Waals surface area contributed by atoms with Gasteiger partial charge < -0.3 is 14.9 Å². The second-order valence-corrected chi connectivity index (χ2v) is 5.83. The Labute approximate surface area is 89.4 Å². The van der Waals surface area contributed by atoms with E-state index < -0.39 is 8.56 Å². The molecule has 0 fully saturated rings. The lowest BCUT2D eigenvalue weighted by Crippen LogP contribution is -2.74. The predicted octanol–water partition coefficient (Wildman–Crippen LogP) is -0.941. The van der Waals surface area contributed by atoms with Crippen LogP contribution in [0, 0.1) is 0 Å². The number of hydrogen-bond acceptors (Lipinski definition) is 3. The number of carbonyl (C=O) groups is 3. The average Bonchev–Trinajstić information content (AvgIpc) is 1.99. The van der Waals surface area contributed by atoms with Crippen molar-refractivity contribution in [3.05, 3.63) is 12.3 Å². The van der Waals surface area contributed by atoms with Crippen molar-refractivity contribution in [2.45, 2.75) is 20.8 Å². The molecule has 0 aliphatic carbocycles. The molecule has 0 aromatic heterocycles. The van der Waals surface area contributed by atoms with Crippen LogP contribution in [0.4, 0.5) is 0 Å². The predicted molar refractivity (Wildman–Crippen MR) is 57.4 cm³/mol. The Morgan fingerprint density at radius 1 is 0.933 bits per heavy atom. The Morgan fingerprint density at radius 3 is 1.33 bits per heavy atom. The lowest BCUT2D eigenvalue weighted by Gasteiger charge is -2.27. The first-order valence-electron chi connectivity index (χ1n) is 4.31. The van der Waals surface area contributed by atoms with E-state index in [0.29, 0.717) is 0 Å². The van der Waals surface area contributed by atoms with E-state index in [2.05, 4.69) is 21.5 Å². The van der Waals surface area contributed by atoms with Crippen molar-refractivity contribution in [3.8, 4) is 0 Å². The van der Waals surface area contributed by atoms with Crippen molar-refractivity contribution in [3.63, 3.8) is 0 Å². The molecular weight excluding hydrogens is 214 g/mol. The lowest BCUT2D eigenvalue weighted by atomic mass is 10.8. The van der Waals surface area contributed by atoms with Crippen LogP contribution < -0.4 is 14.9 Å². The fourth-order valence-electron chi connectivity index (χ4n) is 1.08. The van der Waals surface area contributed by atoms with E-state index in [-0.39, 0.29) is 17.7 Å². The van der Waals surface area contributed by atoms with Crippen LogP contribution >= 0.6 is 0 Å². The maximum atomic E-state index is 11.0. The topological polar surface area (TPSA) is 87.3 Å². The molecule has 84 valence electrons. The molecule has 15 heavy (non-hydrogen) atoms. The van der Waals surface area contributed by atoms with Crippen molar-refractivity contribution in [1.82, 2.24) is 14.9 Å². The highest BCUT2D eigenvalue weighted by Gasteiger charge is 2.35. The summed E-state index contributed by atoms with van der Waals surface area (Å²) < 4.78 is 0. The number of nitrogens with one attached hydrogen (secondary N) is 3. The first kappa shape index (κ1) is 13.4. The van der Waals surface area contributed by atoms with Gasteiger partial charge in [0, 0.05) is 20.8 Å². The minimum Gasteiger partial charge on any atom is -0.345 e. The zero-order valence-electron chi connectivity index (χ0n) is 9.01. The highest BCUT2D eigenvalue weighted by Crippen LogP contribution is 1.91. The summed E-state index contributed by atoms with van der Waals surface area (Å²) in [4.78, 5) is 40.4. The Morgan fingerprint density at radius 2 is 1.20 bits per heavy atom. The highest BCUT2D eigenvalue weighted by molar-refractivity contribution is 6.83. The van der Waals surface area contributed by atoms with Gasteiger partial charge in [0.25, 0.3) is 0 Å². The standard InChI is InChI=1S/C8H15N3O3Si/c1-5-15(9-6(2)12,10-7(3)13)11-8(4)14/h5H,1H2,2-4H3,(H,9,12)(H,10,13)(H,11,14). The van der Waals surface area contributed by atoms with Crippen molar-refractivity contribution in [2.75, 3.05) is 0 Å². The Balaban J connectivity index is 4.90. The van der Waals surface area contributed by atoms with Crippen LogP contribution in [0.3, 0.4) is 0 Å². The third kappa shape index (κ3) is 4.96. The van der Waals surface area contributed by atoms with Crippen molar-refractivity contribution < 1.29 is 14.4 Å². The largest absolute Gasteiger partial charge is 0.405 e. The number of rotatable bonds is 4. The molecule has 3 N–H and O–H groups in total. The summed E-state index contributed by atoms with van der Waals surface area (Å²) in [5.74, 6) is -1.03. The summed E-state index contributed by atoms with van der Waals surface area (Å²) in [6, 6.07) is 0. The van der Waals surface area contributed by atoms with Crippen LogP contribution in [0.1, 0.15) is 20.8 Å². The van der Waals surface area contributed by atoms with Gasteiger partial charge in [0.1, 0.15) is 0 Å². The Hall–Kier alpha value is -1.63. The smallest absolute Gasteiger partial charge is 0.345 e. The van der Waals surface area contributed by atoms with E-state index in [9.17, 15) is 14.4 Å².